The number of hydrogen-bond acceptors (Lipinski definition) is 24. The third-order valence-corrected chi connectivity index (χ3v) is 11.3. The van der Waals surface area contributed by atoms with Crippen LogP contribution >= 0.6 is 15.6 Å². The highest BCUT2D eigenvalue weighted by Crippen LogP contribution is 2.52. The van der Waals surface area contributed by atoms with E-state index in [4.69, 9.17) is 49.5 Å². The minimum atomic E-state index is -5.36. The third kappa shape index (κ3) is 8.63. The first kappa shape index (κ1) is 42.7. The smallest absolute Gasteiger partial charge is 0.394 e. The number of imidazole rings is 1. The van der Waals surface area contributed by atoms with E-state index in [1.807, 2.05) is 0 Å². The van der Waals surface area contributed by atoms with E-state index in [2.05, 4.69) is 24.9 Å². The highest BCUT2D eigenvalue weighted by Gasteiger charge is 2.53. The van der Waals surface area contributed by atoms with E-state index in [9.17, 15) is 54.0 Å². The lowest BCUT2D eigenvalue weighted by Gasteiger charge is -2.25. The minimum Gasteiger partial charge on any atom is -0.394 e. The fourth-order valence-electron chi connectivity index (χ4n) is 6.54. The molecule has 0 aliphatic carbocycles. The zero-order valence-electron chi connectivity index (χ0n) is 29.8. The first-order chi connectivity index (χ1) is 27.9. The maximum atomic E-state index is 13.3. The molecule has 31 heteroatoms. The summed E-state index contributed by atoms with van der Waals surface area (Å²) in [6.45, 7) is -2.88. The van der Waals surface area contributed by atoms with Crippen molar-refractivity contribution < 1.29 is 76.8 Å². The molecule has 3 aliphatic heterocycles. The van der Waals surface area contributed by atoms with Crippen molar-refractivity contribution in [1.82, 2.24) is 38.6 Å². The van der Waals surface area contributed by atoms with Gasteiger partial charge in [-0.25, -0.2) is 33.7 Å². The molecule has 0 amide bonds. The van der Waals surface area contributed by atoms with Gasteiger partial charge in [0, 0.05) is 12.4 Å². The van der Waals surface area contributed by atoms with Gasteiger partial charge in [0.05, 0.1) is 26.1 Å². The fourth-order valence-corrected chi connectivity index (χ4v) is 8.46. The number of aliphatic hydroxyl groups excluding tert-OH is 5. The molecule has 0 bridgehead atoms. The van der Waals surface area contributed by atoms with Crippen LogP contribution in [0.15, 0.2) is 46.8 Å². The zero-order valence-corrected chi connectivity index (χ0v) is 31.6. The number of nitrogens with zero attached hydrogens (tertiary/aromatic N) is 8. The normalized spacial score (nSPS) is 33.0. The van der Waals surface area contributed by atoms with E-state index >= 15 is 0 Å². The Bertz CT molecular complexity index is 2390. The number of hydrogen-bond donors (Lipinski definition) is 10. The van der Waals surface area contributed by atoms with Crippen molar-refractivity contribution >= 4 is 44.3 Å². The van der Waals surface area contributed by atoms with Gasteiger partial charge in [-0.15, -0.1) is 0 Å². The van der Waals surface area contributed by atoms with E-state index in [-0.39, 0.29) is 28.6 Å². The largest absolute Gasteiger partial charge is 0.472 e. The summed E-state index contributed by atoms with van der Waals surface area (Å²) < 4.78 is 66.7. The Morgan fingerprint density at radius 2 is 1.17 bits per heavy atom. The van der Waals surface area contributed by atoms with Gasteiger partial charge in [0.2, 0.25) is 0 Å². The Labute approximate surface area is 328 Å². The lowest BCUT2D eigenvalue weighted by Crippen LogP contribution is -2.39. The van der Waals surface area contributed by atoms with Crippen LogP contribution < -0.4 is 28.6 Å². The van der Waals surface area contributed by atoms with Crippen molar-refractivity contribution in [1.29, 1.82) is 0 Å². The summed E-state index contributed by atoms with van der Waals surface area (Å²) in [4.78, 5) is 65.5. The number of ether oxygens (including phenoxy) is 3. The fraction of sp³-hybridized carbons (Fsp3) is 0.536. The van der Waals surface area contributed by atoms with Crippen molar-refractivity contribution in [3.63, 3.8) is 0 Å². The molecule has 0 saturated carbocycles. The molecule has 2 unspecified atom stereocenters. The van der Waals surface area contributed by atoms with Crippen LogP contribution in [-0.4, -0.2) is 149 Å². The molecule has 4 aromatic rings. The van der Waals surface area contributed by atoms with Crippen LogP contribution in [0.4, 0.5) is 17.5 Å². The molecule has 7 rings (SSSR count). The van der Waals surface area contributed by atoms with Gasteiger partial charge in [0.15, 0.2) is 30.1 Å². The van der Waals surface area contributed by atoms with Crippen LogP contribution in [0.25, 0.3) is 11.2 Å². The highest BCUT2D eigenvalue weighted by molar-refractivity contribution is 7.47. The number of phosphoric acid groups is 2. The van der Waals surface area contributed by atoms with Gasteiger partial charge in [-0.3, -0.25) is 31.8 Å². The molecule has 3 fully saturated rings. The SMILES string of the molecule is Nc1ccn([C@@H]2O[C@H](CO)[C@@H](OP(=O)(O)OC[C@H]3O[C@@H](n4ccc(N)nc4=O)[C@H](O)[C@@H]3OP(=O)(O)OC[C@H]3O[C@@H](n4cnc5c(N)ncnc54)[C@H](O)[C@@H]3O)[C@H]2O)c(=O)n1. The highest BCUT2D eigenvalue weighted by atomic mass is 31.2. The Morgan fingerprint density at radius 1 is 0.678 bits per heavy atom. The molecule has 59 heavy (non-hydrogen) atoms. The van der Waals surface area contributed by atoms with E-state index in [1.165, 1.54) is 17.0 Å². The Balaban J connectivity index is 1.05. The van der Waals surface area contributed by atoms with Gasteiger partial charge in [0.1, 0.15) is 78.4 Å². The molecular weight excluding hydrogens is 840 g/mol. The summed E-state index contributed by atoms with van der Waals surface area (Å²) in [7, 11) is -10.7. The zero-order chi connectivity index (χ0) is 42.6. The first-order valence-electron chi connectivity index (χ1n) is 17.1. The van der Waals surface area contributed by atoms with Gasteiger partial charge >= 0.3 is 27.0 Å². The molecule has 0 spiro atoms. The average Bonchev–Trinajstić information content (AvgIpc) is 3.90. The molecule has 0 aromatic carbocycles. The number of fused-ring (bicyclic) bond motifs is 1. The van der Waals surface area contributed by atoms with Crippen LogP contribution in [0.2, 0.25) is 0 Å². The topological polar surface area (TPSA) is 432 Å². The van der Waals surface area contributed by atoms with E-state index in [0.717, 1.165) is 33.9 Å². The first-order valence-corrected chi connectivity index (χ1v) is 20.1. The van der Waals surface area contributed by atoms with Crippen molar-refractivity contribution in [3.8, 4) is 0 Å². The van der Waals surface area contributed by atoms with E-state index in [1.54, 1.807) is 0 Å². The number of rotatable bonds is 14. The molecular formula is C28H37N11O18P2. The predicted octanol–water partition coefficient (Wildman–Crippen LogP) is -4.78. The third-order valence-electron chi connectivity index (χ3n) is 9.36. The second kappa shape index (κ2) is 16.6. The van der Waals surface area contributed by atoms with Crippen molar-refractivity contribution in [3.05, 3.63) is 58.1 Å². The minimum absolute atomic E-state index is 0.0223. The van der Waals surface area contributed by atoms with Gasteiger partial charge in [-0.2, -0.15) is 9.97 Å². The Morgan fingerprint density at radius 3 is 1.71 bits per heavy atom. The molecule has 3 aliphatic rings. The monoisotopic (exact) mass is 877 g/mol. The molecule has 7 heterocycles. The number of nitrogen functional groups attached to an aromatic ring is 3. The Kier molecular flexibility index (Phi) is 12.0. The van der Waals surface area contributed by atoms with Gasteiger partial charge in [-0.05, 0) is 12.1 Å². The summed E-state index contributed by atoms with van der Waals surface area (Å²) in [5, 5.41) is 53.5. The average molecular weight is 878 g/mol. The molecule has 3 saturated heterocycles. The summed E-state index contributed by atoms with van der Waals surface area (Å²) in [5.74, 6) is -0.338. The van der Waals surface area contributed by atoms with Crippen LogP contribution in [0.3, 0.4) is 0 Å². The molecule has 29 nitrogen and oxygen atoms in total. The van der Waals surface area contributed by atoms with E-state index in [0.29, 0.717) is 0 Å². The standard InChI is InChI=1S/C28H37N11O18P2/c29-13-1-3-37(27(45)35-13)25-18(43)20(10(5-40)53-25)56-59(49,50)52-7-12-21(19(44)26(55-12)38-4-2-14(30)36-28(38)46)57-58(47,48)51-6-11-16(41)17(42)24(54-11)39-9-34-15-22(31)32-8-33-23(15)39/h1-4,8-12,16-21,24-26,40-44H,5-7H2,(H,47,48)(H,49,50)(H2,29,35,45)(H2,30,36,46)(H2,31,32,33)/t10-,11-,12-,16-,17-,18-,19-,20-,21-,24-,25-,26-/m1/s1. The second-order valence-electron chi connectivity index (χ2n) is 13.2. The van der Waals surface area contributed by atoms with Crippen molar-refractivity contribution in [2.75, 3.05) is 37.0 Å². The number of aromatic nitrogens is 8. The molecule has 13 N–H and O–H groups in total. The van der Waals surface area contributed by atoms with Crippen molar-refractivity contribution in [2.24, 2.45) is 0 Å². The maximum Gasteiger partial charge on any atom is 0.472 e. The lowest BCUT2D eigenvalue weighted by atomic mass is 10.1. The van der Waals surface area contributed by atoms with Gasteiger partial charge < -0.3 is 66.7 Å². The summed E-state index contributed by atoms with van der Waals surface area (Å²) >= 11 is 0. The molecule has 322 valence electrons. The van der Waals surface area contributed by atoms with Gasteiger partial charge in [0.25, 0.3) is 0 Å². The molecule has 4 aromatic heterocycles. The molecule has 14 atom stereocenters. The van der Waals surface area contributed by atoms with Crippen LogP contribution in [0.1, 0.15) is 18.7 Å². The predicted molar refractivity (Wildman–Crippen MR) is 190 cm³/mol. The summed E-state index contributed by atoms with van der Waals surface area (Å²) in [5.41, 5.74) is 15.2. The summed E-state index contributed by atoms with van der Waals surface area (Å²) in [6.07, 6.45) is -16.0. The maximum absolute atomic E-state index is 13.3. The van der Waals surface area contributed by atoms with E-state index < -0.39 is 120 Å². The molecule has 0 radical (unpaired) electrons. The number of aliphatic hydroxyl groups is 5. The Hall–Kier alpha value is -4.39. The number of anilines is 3. The van der Waals surface area contributed by atoms with Crippen LogP contribution in [0, 0.1) is 0 Å². The van der Waals surface area contributed by atoms with Gasteiger partial charge in [-0.1, -0.05) is 0 Å². The summed E-state index contributed by atoms with van der Waals surface area (Å²) in [6, 6.07) is 2.36. The van der Waals surface area contributed by atoms with Crippen molar-refractivity contribution in [2.45, 2.75) is 73.6 Å². The quantitative estimate of drug-likeness (QED) is 0.0531. The van der Waals surface area contributed by atoms with Crippen LogP contribution in [-0.2, 0) is 41.4 Å². The van der Waals surface area contributed by atoms with Crippen LogP contribution in [0.5, 0.6) is 0 Å². The number of phosphoric ester groups is 2. The lowest BCUT2D eigenvalue weighted by molar-refractivity contribution is -0.0635. The number of nitrogens with two attached hydrogens (primary N) is 3. The second-order valence-corrected chi connectivity index (χ2v) is 16.0.